The van der Waals surface area contributed by atoms with Crippen molar-refractivity contribution < 1.29 is 32.9 Å². The minimum absolute atomic E-state index is 0.0190. The number of aromatic nitrogens is 2. The average Bonchev–Trinajstić information content (AvgIpc) is 3.47. The summed E-state index contributed by atoms with van der Waals surface area (Å²) in [6.45, 7) is -0.133. The number of thiazole rings is 1. The van der Waals surface area contributed by atoms with Gasteiger partial charge >= 0.3 is 6.18 Å². The van der Waals surface area contributed by atoms with E-state index in [9.17, 15) is 23.1 Å². The Morgan fingerprint density at radius 3 is 2.61 bits per heavy atom. The summed E-state index contributed by atoms with van der Waals surface area (Å²) < 4.78 is 43.5. The first kappa shape index (κ1) is 24.9. The predicted molar refractivity (Wildman–Crippen MR) is 115 cm³/mol. The SMILES string of the molecule is NC[C@H](NC(=O)c1ccc(-c2ccc(C(F)(F)F)cc2)[nH]1)c1ncc(COCC(O)CO)s1. The highest BCUT2D eigenvalue weighted by molar-refractivity contribution is 7.11. The molecule has 0 aliphatic rings. The number of H-pyrrole nitrogens is 1. The van der Waals surface area contributed by atoms with Gasteiger partial charge in [-0.25, -0.2) is 4.98 Å². The Morgan fingerprint density at radius 1 is 1.24 bits per heavy atom. The smallest absolute Gasteiger partial charge is 0.394 e. The Morgan fingerprint density at radius 2 is 1.97 bits per heavy atom. The monoisotopic (exact) mass is 484 g/mol. The molecule has 0 aliphatic carbocycles. The largest absolute Gasteiger partial charge is 0.416 e. The molecule has 0 aliphatic heterocycles. The van der Waals surface area contributed by atoms with Gasteiger partial charge in [-0.3, -0.25) is 4.79 Å². The zero-order valence-corrected chi connectivity index (χ0v) is 18.1. The average molecular weight is 485 g/mol. The first-order valence-electron chi connectivity index (χ1n) is 9.90. The number of carbonyl (C=O) groups excluding carboxylic acids is 1. The van der Waals surface area contributed by atoms with Crippen LogP contribution in [0.4, 0.5) is 13.2 Å². The van der Waals surface area contributed by atoms with Gasteiger partial charge in [-0.05, 0) is 29.8 Å². The fourth-order valence-corrected chi connectivity index (χ4v) is 3.81. The summed E-state index contributed by atoms with van der Waals surface area (Å²) in [5.74, 6) is -0.442. The summed E-state index contributed by atoms with van der Waals surface area (Å²) >= 11 is 1.29. The van der Waals surface area contributed by atoms with Crippen LogP contribution < -0.4 is 11.1 Å². The molecular formula is C21H23F3N4O4S. The Labute approximate surface area is 191 Å². The molecule has 8 nitrogen and oxygen atoms in total. The standard InChI is InChI=1S/C21H23F3N4O4S/c22-21(23,24)13-3-1-12(2-4-13)16-5-6-17(27-16)19(31)28-18(7-25)20-26-8-15(33-20)11-32-10-14(30)9-29/h1-6,8,14,18,27,29-30H,7,9-11,25H2,(H,28,31)/t14?,18-/m0/s1. The van der Waals surface area contributed by atoms with Crippen LogP contribution in [0, 0.1) is 0 Å². The van der Waals surface area contributed by atoms with Gasteiger partial charge in [0.2, 0.25) is 0 Å². The van der Waals surface area contributed by atoms with Crippen LogP contribution in [0.2, 0.25) is 0 Å². The van der Waals surface area contributed by atoms with Crippen molar-refractivity contribution in [2.24, 2.45) is 5.73 Å². The summed E-state index contributed by atoms with van der Waals surface area (Å²) in [7, 11) is 0. The van der Waals surface area contributed by atoms with Gasteiger partial charge in [-0.15, -0.1) is 11.3 Å². The number of nitrogens with zero attached hydrogens (tertiary/aromatic N) is 1. The van der Waals surface area contributed by atoms with E-state index in [1.54, 1.807) is 12.3 Å². The van der Waals surface area contributed by atoms with Crippen LogP contribution in [-0.2, 0) is 17.5 Å². The Bertz CT molecular complexity index is 1050. The van der Waals surface area contributed by atoms with E-state index in [1.807, 2.05) is 0 Å². The minimum Gasteiger partial charge on any atom is -0.394 e. The van der Waals surface area contributed by atoms with Crippen LogP contribution in [0.5, 0.6) is 0 Å². The van der Waals surface area contributed by atoms with Crippen LogP contribution >= 0.6 is 11.3 Å². The molecule has 3 aromatic rings. The topological polar surface area (TPSA) is 133 Å². The van der Waals surface area contributed by atoms with Crippen molar-refractivity contribution in [2.45, 2.75) is 24.9 Å². The highest BCUT2D eigenvalue weighted by Crippen LogP contribution is 2.31. The lowest BCUT2D eigenvalue weighted by atomic mass is 10.1. The quantitative estimate of drug-likeness (QED) is 0.300. The fourth-order valence-electron chi connectivity index (χ4n) is 2.89. The number of halogens is 3. The number of alkyl halides is 3. The van der Waals surface area contributed by atoms with Gasteiger partial charge in [0.05, 0.1) is 36.3 Å². The first-order chi connectivity index (χ1) is 15.7. The fraction of sp³-hybridized carbons (Fsp3) is 0.333. The molecule has 0 saturated carbocycles. The van der Waals surface area contributed by atoms with Crippen LogP contribution in [0.25, 0.3) is 11.3 Å². The van der Waals surface area contributed by atoms with E-state index in [-0.39, 0.29) is 25.5 Å². The summed E-state index contributed by atoms with van der Waals surface area (Å²) in [5, 5.41) is 21.4. The number of benzene rings is 1. The van der Waals surface area contributed by atoms with E-state index in [4.69, 9.17) is 15.6 Å². The van der Waals surface area contributed by atoms with E-state index < -0.39 is 36.4 Å². The third kappa shape index (κ3) is 6.62. The molecule has 0 saturated heterocycles. The number of carbonyl (C=O) groups is 1. The van der Waals surface area contributed by atoms with Crippen LogP contribution in [0.1, 0.15) is 32.0 Å². The van der Waals surface area contributed by atoms with Crippen LogP contribution in [-0.4, -0.2) is 52.0 Å². The molecule has 6 N–H and O–H groups in total. The predicted octanol–water partition coefficient (Wildman–Crippen LogP) is 2.46. The van der Waals surface area contributed by atoms with Gasteiger partial charge in [0.25, 0.3) is 5.91 Å². The number of aliphatic hydroxyl groups excluding tert-OH is 2. The van der Waals surface area contributed by atoms with Crippen molar-refractivity contribution in [1.82, 2.24) is 15.3 Å². The molecule has 1 unspecified atom stereocenters. The molecule has 0 spiro atoms. The molecule has 33 heavy (non-hydrogen) atoms. The molecular weight excluding hydrogens is 461 g/mol. The van der Waals surface area contributed by atoms with Gasteiger partial charge in [0.15, 0.2) is 0 Å². The maximum Gasteiger partial charge on any atom is 0.416 e. The van der Waals surface area contributed by atoms with Gasteiger partial charge in [0, 0.05) is 18.4 Å². The van der Waals surface area contributed by atoms with Crippen molar-refractivity contribution in [1.29, 1.82) is 0 Å². The molecule has 2 aromatic heterocycles. The Balaban J connectivity index is 1.62. The Hall–Kier alpha value is -2.77. The number of nitrogens with one attached hydrogen (secondary N) is 2. The number of rotatable bonds is 10. The molecule has 1 aromatic carbocycles. The molecule has 12 heteroatoms. The van der Waals surface area contributed by atoms with E-state index in [1.165, 1.54) is 29.5 Å². The van der Waals surface area contributed by atoms with E-state index in [0.29, 0.717) is 16.3 Å². The number of aliphatic hydroxyl groups is 2. The molecule has 1 amide bonds. The molecule has 2 atom stereocenters. The number of hydrogen-bond donors (Lipinski definition) is 5. The normalized spacial score (nSPS) is 13.6. The number of nitrogens with two attached hydrogens (primary N) is 1. The van der Waals surface area contributed by atoms with Crippen molar-refractivity contribution in [3.05, 3.63) is 63.7 Å². The molecule has 0 fully saturated rings. The lowest BCUT2D eigenvalue weighted by Crippen LogP contribution is -2.33. The van der Waals surface area contributed by atoms with Gasteiger partial charge in [-0.1, -0.05) is 12.1 Å². The summed E-state index contributed by atoms with van der Waals surface area (Å²) in [6, 6.07) is 7.20. The second-order valence-electron chi connectivity index (χ2n) is 7.14. The maximum absolute atomic E-state index is 12.7. The van der Waals surface area contributed by atoms with Gasteiger partial charge in [0.1, 0.15) is 16.8 Å². The minimum atomic E-state index is -4.42. The zero-order valence-electron chi connectivity index (χ0n) is 17.3. The molecule has 0 bridgehead atoms. The number of hydrogen-bond acceptors (Lipinski definition) is 7. The third-order valence-corrected chi connectivity index (χ3v) is 5.71. The summed E-state index contributed by atoms with van der Waals surface area (Å²) in [6.07, 6.45) is -3.79. The van der Waals surface area contributed by atoms with E-state index >= 15 is 0 Å². The summed E-state index contributed by atoms with van der Waals surface area (Å²) in [4.78, 5) is 20.6. The summed E-state index contributed by atoms with van der Waals surface area (Å²) in [5.41, 5.74) is 6.28. The van der Waals surface area contributed by atoms with Gasteiger partial charge in [-0.2, -0.15) is 13.2 Å². The van der Waals surface area contributed by atoms with Crippen molar-refractivity contribution >= 4 is 17.2 Å². The number of amides is 1. The van der Waals surface area contributed by atoms with E-state index in [2.05, 4.69) is 15.3 Å². The number of ether oxygens (including phenoxy) is 1. The van der Waals surface area contributed by atoms with E-state index in [0.717, 1.165) is 17.0 Å². The maximum atomic E-state index is 12.7. The first-order valence-corrected chi connectivity index (χ1v) is 10.7. The van der Waals surface area contributed by atoms with Crippen molar-refractivity contribution in [2.75, 3.05) is 19.8 Å². The third-order valence-electron chi connectivity index (χ3n) is 4.63. The molecule has 178 valence electrons. The second-order valence-corrected chi connectivity index (χ2v) is 8.29. The second kappa shape index (κ2) is 10.9. The molecule has 2 heterocycles. The van der Waals surface area contributed by atoms with Crippen molar-refractivity contribution in [3.8, 4) is 11.3 Å². The van der Waals surface area contributed by atoms with Crippen molar-refractivity contribution in [3.63, 3.8) is 0 Å². The number of aromatic amines is 1. The highest BCUT2D eigenvalue weighted by atomic mass is 32.1. The van der Waals surface area contributed by atoms with Crippen LogP contribution in [0.15, 0.2) is 42.6 Å². The lowest BCUT2D eigenvalue weighted by molar-refractivity contribution is -0.137. The lowest BCUT2D eigenvalue weighted by Gasteiger charge is -2.13. The zero-order chi connectivity index (χ0) is 24.0. The molecule has 3 rings (SSSR count). The molecule has 0 radical (unpaired) electrons. The van der Waals surface area contributed by atoms with Gasteiger partial charge < -0.3 is 31.0 Å². The van der Waals surface area contributed by atoms with Crippen LogP contribution in [0.3, 0.4) is 0 Å². The highest BCUT2D eigenvalue weighted by Gasteiger charge is 2.30. The Kier molecular flexibility index (Phi) is 8.21.